The van der Waals surface area contributed by atoms with Gasteiger partial charge in [-0.2, -0.15) is 0 Å². The summed E-state index contributed by atoms with van der Waals surface area (Å²) in [6.07, 6.45) is 1.70. The fourth-order valence-corrected chi connectivity index (χ4v) is 1.29. The average Bonchev–Trinajstić information content (AvgIpc) is 2.14. The lowest BCUT2D eigenvalue weighted by Gasteiger charge is -2.25. The number of hydrogen-bond donors (Lipinski definition) is 0. The monoisotopic (exact) mass is 215 g/mol. The summed E-state index contributed by atoms with van der Waals surface area (Å²) >= 11 is 0. The van der Waals surface area contributed by atoms with Gasteiger partial charge >= 0.3 is 0 Å². The second-order valence-corrected chi connectivity index (χ2v) is 4.71. The molecule has 1 amide bonds. The molecule has 0 radical (unpaired) electrons. The molecular formula is C13H29NO. The molecule has 0 spiro atoms. The maximum Gasteiger partial charge on any atom is 0.223 e. The smallest absolute Gasteiger partial charge is 0.223 e. The maximum absolute atomic E-state index is 11.7. The Hall–Kier alpha value is -0.530. The van der Waals surface area contributed by atoms with Crippen molar-refractivity contribution in [3.05, 3.63) is 0 Å². The van der Waals surface area contributed by atoms with Crippen LogP contribution in [0.25, 0.3) is 0 Å². The zero-order chi connectivity index (χ0) is 12.5. The summed E-state index contributed by atoms with van der Waals surface area (Å²) in [6, 6.07) is 0. The molecule has 0 N–H and O–H groups in total. The predicted octanol–water partition coefficient (Wildman–Crippen LogP) is 3.71. The van der Waals surface area contributed by atoms with Gasteiger partial charge in [-0.3, -0.25) is 4.79 Å². The highest BCUT2D eigenvalue weighted by Gasteiger charge is 2.19. The first-order valence-corrected chi connectivity index (χ1v) is 6.18. The highest BCUT2D eigenvalue weighted by molar-refractivity contribution is 5.76. The molecule has 0 atom stereocenters. The Bertz CT molecular complexity index is 158. The predicted molar refractivity (Wildman–Crippen MR) is 68.0 cm³/mol. The molecule has 0 aliphatic rings. The standard InChI is InChI=1S/C11H23NO.C2H6/c1-6-8-12(7-2)10(13)9-11(3,4)5;1-2/h6-9H2,1-5H3;1-2H3. The average molecular weight is 215 g/mol. The Morgan fingerprint density at radius 1 is 1.13 bits per heavy atom. The van der Waals surface area contributed by atoms with Gasteiger partial charge in [0.2, 0.25) is 5.91 Å². The molecule has 0 aromatic carbocycles. The number of nitrogens with zero attached hydrogens (tertiary/aromatic N) is 1. The molecule has 0 saturated carbocycles. The summed E-state index contributed by atoms with van der Waals surface area (Å²) in [5, 5.41) is 0. The van der Waals surface area contributed by atoms with Gasteiger partial charge in [-0.15, -0.1) is 0 Å². The van der Waals surface area contributed by atoms with Crippen molar-refractivity contribution in [3.8, 4) is 0 Å². The highest BCUT2D eigenvalue weighted by Crippen LogP contribution is 2.19. The Morgan fingerprint density at radius 3 is 1.87 bits per heavy atom. The molecule has 0 fully saturated rings. The van der Waals surface area contributed by atoms with E-state index in [2.05, 4.69) is 27.7 Å². The normalized spacial score (nSPS) is 10.3. The molecule has 0 heterocycles. The number of rotatable bonds is 4. The van der Waals surface area contributed by atoms with E-state index in [4.69, 9.17) is 0 Å². The molecule has 0 rings (SSSR count). The molecule has 0 saturated heterocycles. The third-order valence-corrected chi connectivity index (χ3v) is 1.91. The fourth-order valence-electron chi connectivity index (χ4n) is 1.29. The van der Waals surface area contributed by atoms with Crippen LogP contribution in [-0.2, 0) is 4.79 Å². The first-order chi connectivity index (χ1) is 6.90. The Kier molecular flexibility index (Phi) is 9.85. The quantitative estimate of drug-likeness (QED) is 0.700. The molecular weight excluding hydrogens is 186 g/mol. The van der Waals surface area contributed by atoms with Gasteiger partial charge in [0, 0.05) is 19.5 Å². The molecule has 15 heavy (non-hydrogen) atoms. The fraction of sp³-hybridized carbons (Fsp3) is 0.923. The maximum atomic E-state index is 11.7. The molecule has 2 nitrogen and oxygen atoms in total. The summed E-state index contributed by atoms with van der Waals surface area (Å²) in [5.74, 6) is 0.289. The SMILES string of the molecule is CC.CCCN(CC)C(=O)CC(C)(C)C. The van der Waals surface area contributed by atoms with Crippen LogP contribution < -0.4 is 0 Å². The Morgan fingerprint density at radius 2 is 1.60 bits per heavy atom. The van der Waals surface area contributed by atoms with Crippen LogP contribution in [0.3, 0.4) is 0 Å². The molecule has 0 aromatic rings. The van der Waals surface area contributed by atoms with Crippen molar-refractivity contribution >= 4 is 5.91 Å². The summed E-state index contributed by atoms with van der Waals surface area (Å²) in [5.41, 5.74) is 0.109. The zero-order valence-corrected chi connectivity index (χ0v) is 11.7. The van der Waals surface area contributed by atoms with Crippen LogP contribution in [0.4, 0.5) is 0 Å². The van der Waals surface area contributed by atoms with Crippen LogP contribution in [0.5, 0.6) is 0 Å². The molecule has 0 bridgehead atoms. The van der Waals surface area contributed by atoms with Gasteiger partial charge in [0.1, 0.15) is 0 Å². The van der Waals surface area contributed by atoms with Crippen LogP contribution in [0.1, 0.15) is 61.3 Å². The van der Waals surface area contributed by atoms with Gasteiger partial charge in [0.05, 0.1) is 0 Å². The molecule has 2 heteroatoms. The lowest BCUT2D eigenvalue weighted by molar-refractivity contribution is -0.132. The first kappa shape index (κ1) is 16.9. The third kappa shape index (κ3) is 9.77. The van der Waals surface area contributed by atoms with E-state index in [-0.39, 0.29) is 11.3 Å². The van der Waals surface area contributed by atoms with Crippen molar-refractivity contribution in [2.45, 2.75) is 61.3 Å². The lowest BCUT2D eigenvalue weighted by Crippen LogP contribution is -2.33. The number of carbonyl (C=O) groups is 1. The van der Waals surface area contributed by atoms with Crippen molar-refractivity contribution in [2.24, 2.45) is 5.41 Å². The van der Waals surface area contributed by atoms with E-state index in [1.807, 2.05) is 25.7 Å². The van der Waals surface area contributed by atoms with Gasteiger partial charge in [-0.1, -0.05) is 41.5 Å². The molecule has 0 aliphatic carbocycles. The molecule has 0 unspecified atom stereocenters. The van der Waals surface area contributed by atoms with Gasteiger partial charge in [-0.05, 0) is 18.8 Å². The van der Waals surface area contributed by atoms with Gasteiger partial charge < -0.3 is 4.90 Å². The Labute approximate surface area is 96.0 Å². The number of carbonyl (C=O) groups excluding carboxylic acids is 1. The van der Waals surface area contributed by atoms with Gasteiger partial charge in [0.25, 0.3) is 0 Å². The molecule has 0 aromatic heterocycles. The van der Waals surface area contributed by atoms with Crippen LogP contribution in [0.2, 0.25) is 0 Å². The summed E-state index contributed by atoms with van der Waals surface area (Å²) in [6.45, 7) is 16.2. The van der Waals surface area contributed by atoms with E-state index < -0.39 is 0 Å². The van der Waals surface area contributed by atoms with Crippen LogP contribution in [0.15, 0.2) is 0 Å². The highest BCUT2D eigenvalue weighted by atomic mass is 16.2. The molecule has 0 aliphatic heterocycles. The Balaban J connectivity index is 0. The van der Waals surface area contributed by atoms with Crippen molar-refractivity contribution < 1.29 is 4.79 Å². The summed E-state index contributed by atoms with van der Waals surface area (Å²) < 4.78 is 0. The topological polar surface area (TPSA) is 20.3 Å². The van der Waals surface area contributed by atoms with Gasteiger partial charge in [-0.25, -0.2) is 0 Å². The van der Waals surface area contributed by atoms with E-state index >= 15 is 0 Å². The van der Waals surface area contributed by atoms with Crippen molar-refractivity contribution in [1.29, 1.82) is 0 Å². The minimum atomic E-state index is 0.109. The molecule has 92 valence electrons. The van der Waals surface area contributed by atoms with E-state index in [9.17, 15) is 4.79 Å². The van der Waals surface area contributed by atoms with Crippen LogP contribution in [-0.4, -0.2) is 23.9 Å². The van der Waals surface area contributed by atoms with Crippen molar-refractivity contribution in [2.75, 3.05) is 13.1 Å². The largest absolute Gasteiger partial charge is 0.343 e. The second-order valence-electron chi connectivity index (χ2n) is 4.71. The third-order valence-electron chi connectivity index (χ3n) is 1.91. The van der Waals surface area contributed by atoms with Gasteiger partial charge in [0.15, 0.2) is 0 Å². The second kappa shape index (κ2) is 8.75. The summed E-state index contributed by atoms with van der Waals surface area (Å²) in [4.78, 5) is 13.6. The van der Waals surface area contributed by atoms with Crippen LogP contribution >= 0.6 is 0 Å². The van der Waals surface area contributed by atoms with E-state index in [0.29, 0.717) is 6.42 Å². The minimum Gasteiger partial charge on any atom is -0.343 e. The van der Waals surface area contributed by atoms with Crippen molar-refractivity contribution in [3.63, 3.8) is 0 Å². The minimum absolute atomic E-state index is 0.109. The van der Waals surface area contributed by atoms with E-state index in [1.165, 1.54) is 0 Å². The lowest BCUT2D eigenvalue weighted by atomic mass is 9.91. The van der Waals surface area contributed by atoms with Crippen molar-refractivity contribution in [1.82, 2.24) is 4.90 Å². The van der Waals surface area contributed by atoms with E-state index in [0.717, 1.165) is 19.5 Å². The zero-order valence-electron chi connectivity index (χ0n) is 11.7. The van der Waals surface area contributed by atoms with Crippen LogP contribution in [0, 0.1) is 5.41 Å². The summed E-state index contributed by atoms with van der Waals surface area (Å²) in [7, 11) is 0. The first-order valence-electron chi connectivity index (χ1n) is 6.18. The number of hydrogen-bond acceptors (Lipinski definition) is 1. The van der Waals surface area contributed by atoms with E-state index in [1.54, 1.807) is 0 Å². The number of amides is 1.